The molecule has 6 heteroatoms. The van der Waals surface area contributed by atoms with E-state index in [1.54, 1.807) is 42.5 Å². The summed E-state index contributed by atoms with van der Waals surface area (Å²) >= 11 is 0. The van der Waals surface area contributed by atoms with Crippen molar-refractivity contribution >= 4 is 11.8 Å². The van der Waals surface area contributed by atoms with Gasteiger partial charge in [-0.1, -0.05) is 18.2 Å². The van der Waals surface area contributed by atoms with Gasteiger partial charge in [0.1, 0.15) is 11.8 Å². The van der Waals surface area contributed by atoms with Crippen LogP contribution in [0, 0.1) is 0 Å². The molecule has 1 unspecified atom stereocenters. The number of furan rings is 1. The van der Waals surface area contributed by atoms with Gasteiger partial charge in [-0.05, 0) is 24.3 Å². The zero-order valence-corrected chi connectivity index (χ0v) is 11.3. The van der Waals surface area contributed by atoms with Gasteiger partial charge < -0.3 is 20.2 Å². The van der Waals surface area contributed by atoms with Crippen LogP contribution in [0.2, 0.25) is 0 Å². The minimum absolute atomic E-state index is 0.176. The minimum atomic E-state index is -0.624. The lowest BCUT2D eigenvalue weighted by molar-refractivity contribution is -0.121. The normalized spacial score (nSPS) is 11.7. The number of carbonyl (C=O) groups excluding carboxylic acids is 2. The summed E-state index contributed by atoms with van der Waals surface area (Å²) in [5, 5.41) is 14.3. The Morgan fingerprint density at radius 1 is 1.14 bits per heavy atom. The minimum Gasteiger partial charge on any atom is -0.467 e. The number of aliphatic hydroxyl groups excluding tert-OH is 1. The molecule has 0 aliphatic rings. The first-order chi connectivity index (χ1) is 10.2. The number of hydrogen-bond acceptors (Lipinski definition) is 4. The average Bonchev–Trinajstić information content (AvgIpc) is 3.05. The van der Waals surface area contributed by atoms with Gasteiger partial charge in [-0.2, -0.15) is 0 Å². The number of nitrogens with one attached hydrogen (secondary N) is 2. The molecule has 110 valence electrons. The molecule has 1 heterocycles. The predicted octanol–water partition coefficient (Wildman–Crippen LogP) is 0.859. The molecule has 0 fully saturated rings. The van der Waals surface area contributed by atoms with E-state index in [4.69, 9.17) is 4.42 Å². The Labute approximate surface area is 121 Å². The summed E-state index contributed by atoms with van der Waals surface area (Å²) in [5.41, 5.74) is 0.482. The number of benzene rings is 1. The highest BCUT2D eigenvalue weighted by Crippen LogP contribution is 2.12. The highest BCUT2D eigenvalue weighted by molar-refractivity contribution is 5.96. The molecule has 2 aromatic rings. The summed E-state index contributed by atoms with van der Waals surface area (Å²) in [6.07, 6.45) is 1.46. The van der Waals surface area contributed by atoms with Crippen LogP contribution in [0.4, 0.5) is 0 Å². The van der Waals surface area contributed by atoms with Crippen LogP contribution in [-0.4, -0.2) is 30.1 Å². The van der Waals surface area contributed by atoms with Crippen LogP contribution in [0.15, 0.2) is 53.1 Å². The number of aliphatic hydroxyl groups is 1. The van der Waals surface area contributed by atoms with E-state index >= 15 is 0 Å². The summed E-state index contributed by atoms with van der Waals surface area (Å²) in [5.74, 6) is -0.278. The fourth-order valence-electron chi connectivity index (χ4n) is 1.79. The van der Waals surface area contributed by atoms with E-state index in [9.17, 15) is 14.7 Å². The van der Waals surface area contributed by atoms with Gasteiger partial charge in [0.2, 0.25) is 5.91 Å². The Hall–Kier alpha value is -2.60. The number of hydrogen-bond donors (Lipinski definition) is 3. The molecule has 2 amide bonds. The lowest BCUT2D eigenvalue weighted by atomic mass is 10.2. The molecule has 0 saturated carbocycles. The van der Waals surface area contributed by atoms with Gasteiger partial charge in [-0.3, -0.25) is 9.59 Å². The first-order valence-electron chi connectivity index (χ1n) is 6.47. The van der Waals surface area contributed by atoms with Crippen LogP contribution in [0.25, 0.3) is 0 Å². The second kappa shape index (κ2) is 7.25. The van der Waals surface area contributed by atoms with Crippen LogP contribution in [0.5, 0.6) is 0 Å². The van der Waals surface area contributed by atoms with Gasteiger partial charge in [0, 0.05) is 5.56 Å². The standard InChI is InChI=1S/C15H16N2O4/c18-10-12(13-7-4-8-21-13)17-14(19)9-16-15(20)11-5-2-1-3-6-11/h1-8,12,18H,9-10H2,(H,16,20)(H,17,19). The van der Waals surface area contributed by atoms with Crippen molar-refractivity contribution in [2.75, 3.05) is 13.2 Å². The largest absolute Gasteiger partial charge is 0.467 e. The van der Waals surface area contributed by atoms with Crippen LogP contribution < -0.4 is 10.6 Å². The Kier molecular flexibility index (Phi) is 5.11. The number of amides is 2. The molecule has 0 aliphatic carbocycles. The molecule has 1 aromatic carbocycles. The molecule has 6 nitrogen and oxygen atoms in total. The maximum absolute atomic E-state index is 11.8. The van der Waals surface area contributed by atoms with Gasteiger partial charge in [0.25, 0.3) is 5.91 Å². The van der Waals surface area contributed by atoms with Crippen molar-refractivity contribution in [2.24, 2.45) is 0 Å². The summed E-state index contributed by atoms with van der Waals surface area (Å²) in [6, 6.07) is 11.3. The highest BCUT2D eigenvalue weighted by atomic mass is 16.3. The molecule has 0 bridgehead atoms. The summed E-state index contributed by atoms with van der Waals surface area (Å²) < 4.78 is 5.12. The Morgan fingerprint density at radius 2 is 1.90 bits per heavy atom. The van der Waals surface area contributed by atoms with E-state index in [2.05, 4.69) is 10.6 Å². The fraction of sp³-hybridized carbons (Fsp3) is 0.200. The van der Waals surface area contributed by atoms with E-state index in [-0.39, 0.29) is 19.1 Å². The zero-order valence-electron chi connectivity index (χ0n) is 11.3. The molecule has 0 radical (unpaired) electrons. The van der Waals surface area contributed by atoms with Gasteiger partial charge in [-0.15, -0.1) is 0 Å². The van der Waals surface area contributed by atoms with E-state index in [0.717, 1.165) is 0 Å². The maximum Gasteiger partial charge on any atom is 0.251 e. The van der Waals surface area contributed by atoms with Crippen molar-refractivity contribution in [3.63, 3.8) is 0 Å². The third-order valence-electron chi connectivity index (χ3n) is 2.85. The van der Waals surface area contributed by atoms with E-state index in [0.29, 0.717) is 11.3 Å². The molecule has 3 N–H and O–H groups in total. The van der Waals surface area contributed by atoms with Gasteiger partial charge in [-0.25, -0.2) is 0 Å². The van der Waals surface area contributed by atoms with Crippen molar-refractivity contribution < 1.29 is 19.1 Å². The monoisotopic (exact) mass is 288 g/mol. The summed E-state index contributed by atoms with van der Waals surface area (Å²) in [6.45, 7) is -0.461. The molecule has 1 aromatic heterocycles. The van der Waals surface area contributed by atoms with Crippen LogP contribution >= 0.6 is 0 Å². The van der Waals surface area contributed by atoms with Crippen molar-refractivity contribution in [3.8, 4) is 0 Å². The van der Waals surface area contributed by atoms with E-state index < -0.39 is 11.9 Å². The predicted molar refractivity (Wildman–Crippen MR) is 75.5 cm³/mol. The third kappa shape index (κ3) is 4.19. The molecular formula is C15H16N2O4. The van der Waals surface area contributed by atoms with Gasteiger partial charge in [0.15, 0.2) is 0 Å². The van der Waals surface area contributed by atoms with Crippen LogP contribution in [-0.2, 0) is 4.79 Å². The lowest BCUT2D eigenvalue weighted by Crippen LogP contribution is -2.39. The topological polar surface area (TPSA) is 91.6 Å². The smallest absolute Gasteiger partial charge is 0.251 e. The quantitative estimate of drug-likeness (QED) is 0.735. The van der Waals surface area contributed by atoms with Gasteiger partial charge in [0.05, 0.1) is 19.4 Å². The SMILES string of the molecule is O=C(CNC(=O)c1ccccc1)NC(CO)c1ccco1. The van der Waals surface area contributed by atoms with Crippen LogP contribution in [0.1, 0.15) is 22.2 Å². The van der Waals surface area contributed by atoms with E-state index in [1.807, 2.05) is 0 Å². The lowest BCUT2D eigenvalue weighted by Gasteiger charge is -2.14. The molecule has 0 saturated heterocycles. The van der Waals surface area contributed by atoms with Crippen molar-refractivity contribution in [2.45, 2.75) is 6.04 Å². The Bertz CT molecular complexity index is 581. The van der Waals surface area contributed by atoms with Crippen LogP contribution in [0.3, 0.4) is 0 Å². The Morgan fingerprint density at radius 3 is 2.52 bits per heavy atom. The molecule has 2 rings (SSSR count). The van der Waals surface area contributed by atoms with Crippen molar-refractivity contribution in [3.05, 3.63) is 60.1 Å². The first-order valence-corrected chi connectivity index (χ1v) is 6.47. The molecule has 21 heavy (non-hydrogen) atoms. The van der Waals surface area contributed by atoms with Gasteiger partial charge >= 0.3 is 0 Å². The number of carbonyl (C=O) groups is 2. The Balaban J connectivity index is 1.83. The second-order valence-corrected chi connectivity index (χ2v) is 4.37. The summed E-state index contributed by atoms with van der Waals surface area (Å²) in [7, 11) is 0. The number of rotatable bonds is 6. The zero-order chi connectivity index (χ0) is 15.1. The molecule has 0 spiro atoms. The molecule has 0 aliphatic heterocycles. The van der Waals surface area contributed by atoms with E-state index in [1.165, 1.54) is 6.26 Å². The van der Waals surface area contributed by atoms with Crippen molar-refractivity contribution in [1.29, 1.82) is 0 Å². The highest BCUT2D eigenvalue weighted by Gasteiger charge is 2.16. The van der Waals surface area contributed by atoms with Crippen molar-refractivity contribution in [1.82, 2.24) is 10.6 Å². The fourth-order valence-corrected chi connectivity index (χ4v) is 1.79. The first kappa shape index (κ1) is 14.8. The molecular weight excluding hydrogens is 272 g/mol. The molecule has 1 atom stereocenters. The maximum atomic E-state index is 11.8. The third-order valence-corrected chi connectivity index (χ3v) is 2.85. The average molecular weight is 288 g/mol. The second-order valence-electron chi connectivity index (χ2n) is 4.37. The summed E-state index contributed by atoms with van der Waals surface area (Å²) in [4.78, 5) is 23.5.